The van der Waals surface area contributed by atoms with Gasteiger partial charge in [-0.1, -0.05) is 25.3 Å². The molecule has 2 unspecified atom stereocenters. The first-order valence-corrected chi connectivity index (χ1v) is 6.81. The van der Waals surface area contributed by atoms with Gasteiger partial charge in [0.05, 0.1) is 6.10 Å². The Kier molecular flexibility index (Phi) is 7.52. The molecule has 0 heterocycles. The van der Waals surface area contributed by atoms with Gasteiger partial charge in [-0.2, -0.15) is 0 Å². The van der Waals surface area contributed by atoms with Gasteiger partial charge in [-0.15, -0.1) is 6.58 Å². The number of nitrogens with two attached hydrogens (primary N) is 1. The molecule has 0 amide bonds. The quantitative estimate of drug-likeness (QED) is 0.508. The highest BCUT2D eigenvalue weighted by Crippen LogP contribution is 2.26. The van der Waals surface area contributed by atoms with Gasteiger partial charge in [-0.05, 0) is 44.6 Å². The van der Waals surface area contributed by atoms with Gasteiger partial charge in [0.25, 0.3) is 0 Å². The number of ether oxygens (including phenoxy) is 1. The van der Waals surface area contributed by atoms with Crippen molar-refractivity contribution in [2.45, 2.75) is 57.5 Å². The van der Waals surface area contributed by atoms with Crippen molar-refractivity contribution in [1.29, 1.82) is 0 Å². The smallest absolute Gasteiger partial charge is 0.0615 e. The largest absolute Gasteiger partial charge is 0.378 e. The Morgan fingerprint density at radius 3 is 2.75 bits per heavy atom. The lowest BCUT2D eigenvalue weighted by Crippen LogP contribution is -2.33. The Hall–Kier alpha value is -0.340. The number of allylic oxidation sites excluding steroid dienone is 1. The van der Waals surface area contributed by atoms with Gasteiger partial charge in [0, 0.05) is 6.61 Å². The van der Waals surface area contributed by atoms with Crippen molar-refractivity contribution in [3.8, 4) is 0 Å². The molecule has 2 nitrogen and oxygen atoms in total. The molecule has 0 aromatic rings. The highest BCUT2D eigenvalue weighted by Gasteiger charge is 2.24. The maximum atomic E-state index is 5.96. The lowest BCUT2D eigenvalue weighted by atomic mass is 9.86. The first-order chi connectivity index (χ1) is 7.88. The van der Waals surface area contributed by atoms with Gasteiger partial charge in [-0.25, -0.2) is 0 Å². The van der Waals surface area contributed by atoms with Crippen molar-refractivity contribution in [3.05, 3.63) is 12.7 Å². The molecule has 1 aliphatic rings. The van der Waals surface area contributed by atoms with Crippen LogP contribution in [-0.4, -0.2) is 19.3 Å². The molecule has 0 aromatic carbocycles. The Morgan fingerprint density at radius 1 is 1.19 bits per heavy atom. The van der Waals surface area contributed by atoms with Crippen molar-refractivity contribution < 1.29 is 4.74 Å². The third-order valence-corrected chi connectivity index (χ3v) is 3.53. The zero-order valence-corrected chi connectivity index (χ0v) is 10.5. The molecule has 0 radical (unpaired) electrons. The first kappa shape index (κ1) is 13.7. The van der Waals surface area contributed by atoms with Crippen molar-refractivity contribution in [1.82, 2.24) is 0 Å². The van der Waals surface area contributed by atoms with Crippen LogP contribution in [0.1, 0.15) is 51.4 Å². The van der Waals surface area contributed by atoms with E-state index < -0.39 is 0 Å². The van der Waals surface area contributed by atoms with E-state index in [1.54, 1.807) is 0 Å². The first-order valence-electron chi connectivity index (χ1n) is 6.81. The van der Waals surface area contributed by atoms with Crippen LogP contribution in [0, 0.1) is 5.92 Å². The molecular weight excluding hydrogens is 198 g/mol. The summed E-state index contributed by atoms with van der Waals surface area (Å²) >= 11 is 0. The SMILES string of the molecule is C=CCCCCCOC1CCCCC1CN. The molecule has 1 aliphatic carbocycles. The molecule has 16 heavy (non-hydrogen) atoms. The summed E-state index contributed by atoms with van der Waals surface area (Å²) < 4.78 is 5.96. The normalized spacial score (nSPS) is 25.6. The number of unbranched alkanes of at least 4 members (excludes halogenated alkanes) is 3. The van der Waals surface area contributed by atoms with Gasteiger partial charge >= 0.3 is 0 Å². The molecule has 0 spiro atoms. The van der Waals surface area contributed by atoms with E-state index in [1.807, 2.05) is 6.08 Å². The molecular formula is C14H27NO. The number of hydrogen-bond acceptors (Lipinski definition) is 2. The zero-order chi connectivity index (χ0) is 11.6. The summed E-state index contributed by atoms with van der Waals surface area (Å²) in [5.74, 6) is 0.613. The lowest BCUT2D eigenvalue weighted by Gasteiger charge is -2.30. The average Bonchev–Trinajstić information content (AvgIpc) is 2.34. The van der Waals surface area contributed by atoms with Gasteiger partial charge in [0.2, 0.25) is 0 Å². The second-order valence-corrected chi connectivity index (χ2v) is 4.83. The molecule has 94 valence electrons. The number of hydrogen-bond donors (Lipinski definition) is 1. The van der Waals surface area contributed by atoms with Gasteiger partial charge in [0.1, 0.15) is 0 Å². The van der Waals surface area contributed by atoms with Crippen LogP contribution in [0.25, 0.3) is 0 Å². The standard InChI is InChI=1S/C14H27NO/c1-2-3-4-5-8-11-16-14-10-7-6-9-13(14)12-15/h2,13-14H,1,3-12,15H2. The molecule has 2 N–H and O–H groups in total. The van der Waals surface area contributed by atoms with E-state index in [0.29, 0.717) is 12.0 Å². The number of rotatable bonds is 8. The zero-order valence-electron chi connectivity index (χ0n) is 10.5. The second-order valence-electron chi connectivity index (χ2n) is 4.83. The minimum absolute atomic E-state index is 0.443. The van der Waals surface area contributed by atoms with Crippen LogP contribution in [0.15, 0.2) is 12.7 Å². The van der Waals surface area contributed by atoms with E-state index in [4.69, 9.17) is 10.5 Å². The highest BCUT2D eigenvalue weighted by atomic mass is 16.5. The van der Waals surface area contributed by atoms with Gasteiger partial charge < -0.3 is 10.5 Å². The summed E-state index contributed by atoms with van der Waals surface area (Å²) in [7, 11) is 0. The van der Waals surface area contributed by atoms with Crippen LogP contribution >= 0.6 is 0 Å². The monoisotopic (exact) mass is 225 g/mol. The summed E-state index contributed by atoms with van der Waals surface area (Å²) in [5, 5.41) is 0. The molecule has 1 fully saturated rings. The van der Waals surface area contributed by atoms with Crippen LogP contribution in [-0.2, 0) is 4.74 Å². The Labute approximate surface area is 100 Å². The Bertz CT molecular complexity index is 182. The third-order valence-electron chi connectivity index (χ3n) is 3.53. The predicted octanol–water partition coefficient (Wildman–Crippen LogP) is 3.27. The minimum Gasteiger partial charge on any atom is -0.378 e. The van der Waals surface area contributed by atoms with Crippen molar-refractivity contribution in [2.24, 2.45) is 11.7 Å². The fourth-order valence-corrected chi connectivity index (χ4v) is 2.46. The van der Waals surface area contributed by atoms with Crippen molar-refractivity contribution in [2.75, 3.05) is 13.2 Å². The predicted molar refractivity (Wildman–Crippen MR) is 69.4 cm³/mol. The van der Waals surface area contributed by atoms with E-state index in [0.717, 1.165) is 19.6 Å². The fraction of sp³-hybridized carbons (Fsp3) is 0.857. The Balaban J connectivity index is 2.03. The van der Waals surface area contributed by atoms with Crippen LogP contribution in [0.4, 0.5) is 0 Å². The molecule has 2 heteroatoms. The molecule has 1 saturated carbocycles. The molecule has 0 bridgehead atoms. The molecule has 2 atom stereocenters. The van der Waals surface area contributed by atoms with Crippen molar-refractivity contribution >= 4 is 0 Å². The summed E-state index contributed by atoms with van der Waals surface area (Å²) in [5.41, 5.74) is 5.77. The maximum absolute atomic E-state index is 5.96. The molecule has 1 rings (SSSR count). The molecule has 0 saturated heterocycles. The topological polar surface area (TPSA) is 35.2 Å². The van der Waals surface area contributed by atoms with E-state index in [-0.39, 0.29) is 0 Å². The highest BCUT2D eigenvalue weighted by molar-refractivity contribution is 4.76. The van der Waals surface area contributed by atoms with Crippen molar-refractivity contribution in [3.63, 3.8) is 0 Å². The van der Waals surface area contributed by atoms with E-state index in [9.17, 15) is 0 Å². The van der Waals surface area contributed by atoms with Crippen LogP contribution in [0.3, 0.4) is 0 Å². The second kappa shape index (κ2) is 8.77. The minimum atomic E-state index is 0.443. The van der Waals surface area contributed by atoms with E-state index in [2.05, 4.69) is 6.58 Å². The molecule has 0 aliphatic heterocycles. The van der Waals surface area contributed by atoms with Gasteiger partial charge in [0.15, 0.2) is 0 Å². The van der Waals surface area contributed by atoms with Gasteiger partial charge in [-0.3, -0.25) is 0 Å². The summed E-state index contributed by atoms with van der Waals surface area (Å²) in [4.78, 5) is 0. The summed E-state index contributed by atoms with van der Waals surface area (Å²) in [6.45, 7) is 5.44. The maximum Gasteiger partial charge on any atom is 0.0615 e. The van der Waals surface area contributed by atoms with Crippen LogP contribution < -0.4 is 5.73 Å². The fourth-order valence-electron chi connectivity index (χ4n) is 2.46. The average molecular weight is 225 g/mol. The third kappa shape index (κ3) is 5.13. The Morgan fingerprint density at radius 2 is 2.00 bits per heavy atom. The van der Waals surface area contributed by atoms with Crippen LogP contribution in [0.2, 0.25) is 0 Å². The van der Waals surface area contributed by atoms with E-state index >= 15 is 0 Å². The molecule has 0 aromatic heterocycles. The van der Waals surface area contributed by atoms with Crippen LogP contribution in [0.5, 0.6) is 0 Å². The van der Waals surface area contributed by atoms with E-state index in [1.165, 1.54) is 44.9 Å². The lowest BCUT2D eigenvalue weighted by molar-refractivity contribution is -0.00944. The summed E-state index contributed by atoms with van der Waals surface area (Å²) in [6, 6.07) is 0. The summed E-state index contributed by atoms with van der Waals surface area (Å²) in [6.07, 6.45) is 12.4.